The topological polar surface area (TPSA) is 45.6 Å². The summed E-state index contributed by atoms with van der Waals surface area (Å²) in [5.74, 6) is 0. The molecule has 80 valence electrons. The van der Waals surface area contributed by atoms with Crippen molar-refractivity contribution in [2.45, 2.75) is 6.42 Å². The summed E-state index contributed by atoms with van der Waals surface area (Å²) in [5.41, 5.74) is 3.46. The van der Waals surface area contributed by atoms with Crippen molar-refractivity contribution in [1.82, 2.24) is 20.1 Å². The highest BCUT2D eigenvalue weighted by atomic mass is 15.3. The maximum atomic E-state index is 4.47. The molecule has 4 heteroatoms. The second-order valence-corrected chi connectivity index (χ2v) is 3.60. The molecule has 0 aliphatic rings. The SMILES string of the molecule is CNCCc1cc(-c2cc[nH]c2)n(C)n1. The Labute approximate surface area is 89.3 Å². The molecule has 0 bridgehead atoms. The van der Waals surface area contributed by atoms with Crippen molar-refractivity contribution in [2.75, 3.05) is 13.6 Å². The van der Waals surface area contributed by atoms with Gasteiger partial charge in [-0.15, -0.1) is 0 Å². The number of rotatable bonds is 4. The van der Waals surface area contributed by atoms with Crippen LogP contribution in [-0.4, -0.2) is 28.4 Å². The fourth-order valence-corrected chi connectivity index (χ4v) is 1.66. The van der Waals surface area contributed by atoms with Crippen molar-refractivity contribution >= 4 is 0 Å². The Morgan fingerprint density at radius 2 is 2.40 bits per heavy atom. The molecule has 2 aromatic heterocycles. The van der Waals surface area contributed by atoms with Crippen LogP contribution in [-0.2, 0) is 13.5 Å². The average molecular weight is 204 g/mol. The molecule has 4 nitrogen and oxygen atoms in total. The highest BCUT2D eigenvalue weighted by Gasteiger charge is 2.06. The fourth-order valence-electron chi connectivity index (χ4n) is 1.66. The molecule has 0 fully saturated rings. The van der Waals surface area contributed by atoms with Gasteiger partial charge in [0.1, 0.15) is 0 Å². The van der Waals surface area contributed by atoms with Crippen LogP contribution in [0.3, 0.4) is 0 Å². The second kappa shape index (κ2) is 4.31. The minimum absolute atomic E-state index is 0.962. The van der Waals surface area contributed by atoms with E-state index in [0.29, 0.717) is 0 Å². The zero-order valence-electron chi connectivity index (χ0n) is 9.12. The standard InChI is InChI=1S/C11H16N4/c1-12-5-4-10-7-11(15(2)14-10)9-3-6-13-8-9/h3,6-8,12-13H,4-5H2,1-2H3. The van der Waals surface area contributed by atoms with Crippen molar-refractivity contribution in [3.05, 3.63) is 30.2 Å². The Bertz CT molecular complexity index is 414. The van der Waals surface area contributed by atoms with Crippen molar-refractivity contribution in [1.29, 1.82) is 0 Å². The fraction of sp³-hybridized carbons (Fsp3) is 0.364. The van der Waals surface area contributed by atoms with Gasteiger partial charge in [-0.25, -0.2) is 0 Å². The first-order valence-corrected chi connectivity index (χ1v) is 5.12. The van der Waals surface area contributed by atoms with E-state index in [-0.39, 0.29) is 0 Å². The smallest absolute Gasteiger partial charge is 0.0696 e. The Morgan fingerprint density at radius 3 is 3.07 bits per heavy atom. The van der Waals surface area contributed by atoms with Crippen LogP contribution in [0.15, 0.2) is 24.5 Å². The Balaban J connectivity index is 2.22. The quantitative estimate of drug-likeness (QED) is 0.785. The summed E-state index contributed by atoms with van der Waals surface area (Å²) < 4.78 is 1.92. The Morgan fingerprint density at radius 1 is 1.53 bits per heavy atom. The summed E-state index contributed by atoms with van der Waals surface area (Å²) in [6.07, 6.45) is 4.88. The van der Waals surface area contributed by atoms with Gasteiger partial charge in [0.15, 0.2) is 0 Å². The van der Waals surface area contributed by atoms with Gasteiger partial charge in [-0.2, -0.15) is 5.10 Å². The van der Waals surface area contributed by atoms with Gasteiger partial charge >= 0.3 is 0 Å². The molecule has 2 rings (SSSR count). The third kappa shape index (κ3) is 2.10. The third-order valence-corrected chi connectivity index (χ3v) is 2.46. The Hall–Kier alpha value is -1.55. The van der Waals surface area contributed by atoms with Gasteiger partial charge in [0.2, 0.25) is 0 Å². The van der Waals surface area contributed by atoms with Crippen LogP contribution in [0.4, 0.5) is 0 Å². The first-order valence-electron chi connectivity index (χ1n) is 5.12. The van der Waals surface area contributed by atoms with E-state index in [4.69, 9.17) is 0 Å². The molecule has 2 N–H and O–H groups in total. The number of aryl methyl sites for hydroxylation is 1. The highest BCUT2D eigenvalue weighted by Crippen LogP contribution is 2.18. The first-order chi connectivity index (χ1) is 7.31. The average Bonchev–Trinajstić information content (AvgIpc) is 2.83. The molecule has 0 radical (unpaired) electrons. The predicted molar refractivity (Wildman–Crippen MR) is 60.6 cm³/mol. The normalized spacial score (nSPS) is 10.8. The van der Waals surface area contributed by atoms with Gasteiger partial charge in [0, 0.05) is 38.0 Å². The number of hydrogen-bond donors (Lipinski definition) is 2. The van der Waals surface area contributed by atoms with Gasteiger partial charge < -0.3 is 10.3 Å². The molecule has 15 heavy (non-hydrogen) atoms. The molecular formula is C11H16N4. The lowest BCUT2D eigenvalue weighted by atomic mass is 10.2. The van der Waals surface area contributed by atoms with E-state index >= 15 is 0 Å². The van der Waals surface area contributed by atoms with E-state index in [9.17, 15) is 0 Å². The third-order valence-electron chi connectivity index (χ3n) is 2.46. The molecule has 2 aromatic rings. The van der Waals surface area contributed by atoms with Crippen LogP contribution in [0.25, 0.3) is 11.3 Å². The molecule has 0 amide bonds. The minimum atomic E-state index is 0.962. The van der Waals surface area contributed by atoms with Crippen LogP contribution in [0, 0.1) is 0 Å². The largest absolute Gasteiger partial charge is 0.367 e. The molecule has 0 aliphatic carbocycles. The van der Waals surface area contributed by atoms with E-state index in [1.165, 1.54) is 5.56 Å². The van der Waals surface area contributed by atoms with Crippen LogP contribution >= 0.6 is 0 Å². The number of nitrogens with one attached hydrogen (secondary N) is 2. The minimum Gasteiger partial charge on any atom is -0.367 e. The summed E-state index contributed by atoms with van der Waals surface area (Å²) in [4.78, 5) is 3.05. The summed E-state index contributed by atoms with van der Waals surface area (Å²) in [6.45, 7) is 0.962. The molecule has 2 heterocycles. The van der Waals surface area contributed by atoms with E-state index in [0.717, 1.165) is 24.4 Å². The van der Waals surface area contributed by atoms with E-state index in [1.54, 1.807) is 0 Å². The van der Waals surface area contributed by atoms with Crippen molar-refractivity contribution < 1.29 is 0 Å². The van der Waals surface area contributed by atoms with Crippen molar-refractivity contribution in [3.63, 3.8) is 0 Å². The van der Waals surface area contributed by atoms with Gasteiger partial charge in [-0.3, -0.25) is 4.68 Å². The van der Waals surface area contributed by atoms with Gasteiger partial charge in [-0.05, 0) is 19.2 Å². The lowest BCUT2D eigenvalue weighted by Gasteiger charge is -1.95. The van der Waals surface area contributed by atoms with Crippen LogP contribution in [0.1, 0.15) is 5.69 Å². The molecule has 0 spiro atoms. The molecule has 0 atom stereocenters. The van der Waals surface area contributed by atoms with Gasteiger partial charge in [0.25, 0.3) is 0 Å². The zero-order chi connectivity index (χ0) is 10.7. The van der Waals surface area contributed by atoms with E-state index in [2.05, 4.69) is 27.5 Å². The van der Waals surface area contributed by atoms with E-state index in [1.807, 2.05) is 31.2 Å². The number of aromatic amines is 1. The number of aromatic nitrogens is 3. The van der Waals surface area contributed by atoms with Crippen LogP contribution in [0.2, 0.25) is 0 Å². The maximum Gasteiger partial charge on any atom is 0.0696 e. The molecule has 0 aliphatic heterocycles. The van der Waals surface area contributed by atoms with Crippen molar-refractivity contribution in [2.24, 2.45) is 7.05 Å². The number of likely N-dealkylation sites (N-methyl/N-ethyl adjacent to an activating group) is 1. The van der Waals surface area contributed by atoms with E-state index < -0.39 is 0 Å². The monoisotopic (exact) mass is 204 g/mol. The summed E-state index contributed by atoms with van der Waals surface area (Å²) >= 11 is 0. The molecule has 0 saturated carbocycles. The predicted octanol–water partition coefficient (Wildman–Crippen LogP) is 1.18. The zero-order valence-corrected chi connectivity index (χ0v) is 9.12. The molecule has 0 saturated heterocycles. The van der Waals surface area contributed by atoms with Crippen LogP contribution in [0.5, 0.6) is 0 Å². The number of nitrogens with zero attached hydrogens (tertiary/aromatic N) is 2. The number of hydrogen-bond acceptors (Lipinski definition) is 2. The first kappa shape index (κ1) is 9.98. The molecular weight excluding hydrogens is 188 g/mol. The van der Waals surface area contributed by atoms with Gasteiger partial charge in [0.05, 0.1) is 11.4 Å². The second-order valence-electron chi connectivity index (χ2n) is 3.60. The van der Waals surface area contributed by atoms with Crippen LogP contribution < -0.4 is 5.32 Å². The summed E-state index contributed by atoms with van der Waals surface area (Å²) in [5, 5.41) is 7.59. The lowest BCUT2D eigenvalue weighted by Crippen LogP contribution is -2.10. The molecule has 0 unspecified atom stereocenters. The molecule has 0 aromatic carbocycles. The Kier molecular flexibility index (Phi) is 2.87. The lowest BCUT2D eigenvalue weighted by molar-refractivity contribution is 0.720. The van der Waals surface area contributed by atoms with Crippen molar-refractivity contribution in [3.8, 4) is 11.3 Å². The maximum absolute atomic E-state index is 4.47. The number of H-pyrrole nitrogens is 1. The summed E-state index contributed by atoms with van der Waals surface area (Å²) in [6, 6.07) is 4.19. The summed E-state index contributed by atoms with van der Waals surface area (Å²) in [7, 11) is 3.93. The highest BCUT2D eigenvalue weighted by molar-refractivity contribution is 5.58. The van der Waals surface area contributed by atoms with Gasteiger partial charge in [-0.1, -0.05) is 0 Å².